The highest BCUT2D eigenvalue weighted by Crippen LogP contribution is 2.21. The Morgan fingerprint density at radius 1 is 1.36 bits per heavy atom. The summed E-state index contributed by atoms with van der Waals surface area (Å²) < 4.78 is 0. The highest BCUT2D eigenvalue weighted by Gasteiger charge is 2.22. The minimum atomic E-state index is -1.18. The van der Waals surface area contributed by atoms with Crippen LogP contribution in [-0.4, -0.2) is 32.9 Å². The summed E-state index contributed by atoms with van der Waals surface area (Å²) in [5.74, 6) is -1.94. The van der Waals surface area contributed by atoms with E-state index in [2.05, 4.69) is 10.3 Å². The van der Waals surface area contributed by atoms with Crippen LogP contribution in [0.2, 0.25) is 0 Å². The van der Waals surface area contributed by atoms with E-state index in [1.165, 1.54) is 18.2 Å². The number of nitro groups is 1. The summed E-state index contributed by atoms with van der Waals surface area (Å²) in [4.78, 5) is 48.3. The SMILES string of the molecule is CCCC[C@H](NC(=O)c1cc(=O)[nH]c2ccc([N+](=O)[O-])cc12)C(=O)O. The molecule has 0 aliphatic heterocycles. The Kier molecular flexibility index (Phi) is 5.48. The number of non-ortho nitro benzene ring substituents is 1. The number of aromatic amines is 1. The molecule has 9 nitrogen and oxygen atoms in total. The Labute approximate surface area is 141 Å². The number of nitro benzene ring substituents is 1. The lowest BCUT2D eigenvalue weighted by Crippen LogP contribution is -2.41. The highest BCUT2D eigenvalue weighted by molar-refractivity contribution is 6.07. The van der Waals surface area contributed by atoms with E-state index in [0.717, 1.165) is 12.5 Å². The van der Waals surface area contributed by atoms with Crippen molar-refractivity contribution in [3.8, 4) is 0 Å². The molecule has 9 heteroatoms. The maximum absolute atomic E-state index is 12.5. The maximum Gasteiger partial charge on any atom is 0.326 e. The van der Waals surface area contributed by atoms with Gasteiger partial charge in [-0.05, 0) is 12.5 Å². The molecule has 1 amide bonds. The van der Waals surface area contributed by atoms with Crippen molar-refractivity contribution in [1.82, 2.24) is 10.3 Å². The van der Waals surface area contributed by atoms with Crippen LogP contribution >= 0.6 is 0 Å². The van der Waals surface area contributed by atoms with Crippen molar-refractivity contribution in [2.75, 3.05) is 0 Å². The fourth-order valence-corrected chi connectivity index (χ4v) is 2.44. The molecule has 0 bridgehead atoms. The van der Waals surface area contributed by atoms with Crippen molar-refractivity contribution < 1.29 is 19.6 Å². The topological polar surface area (TPSA) is 142 Å². The maximum atomic E-state index is 12.5. The minimum Gasteiger partial charge on any atom is -0.480 e. The van der Waals surface area contributed by atoms with Gasteiger partial charge in [-0.1, -0.05) is 19.8 Å². The fourth-order valence-electron chi connectivity index (χ4n) is 2.44. The number of carbonyl (C=O) groups excluding carboxylic acids is 1. The number of nitrogens with zero attached hydrogens (tertiary/aromatic N) is 1. The number of carboxylic acids is 1. The fraction of sp³-hybridized carbons (Fsp3) is 0.312. The number of hydrogen-bond acceptors (Lipinski definition) is 5. The predicted molar refractivity (Wildman–Crippen MR) is 89.6 cm³/mol. The van der Waals surface area contributed by atoms with Gasteiger partial charge in [0.05, 0.1) is 10.5 Å². The first kappa shape index (κ1) is 18.1. The van der Waals surface area contributed by atoms with E-state index < -0.39 is 28.4 Å². The van der Waals surface area contributed by atoms with Crippen molar-refractivity contribution >= 4 is 28.5 Å². The molecule has 1 atom stereocenters. The quantitative estimate of drug-likeness (QED) is 0.515. The molecule has 1 heterocycles. The first-order chi connectivity index (χ1) is 11.8. The number of carboxylic acid groups (broad SMARTS) is 1. The number of aliphatic carboxylic acids is 1. The largest absolute Gasteiger partial charge is 0.480 e. The van der Waals surface area contributed by atoms with Crippen LogP contribution in [0, 0.1) is 10.1 Å². The molecule has 2 aromatic rings. The number of amides is 1. The third-order valence-electron chi connectivity index (χ3n) is 3.73. The van der Waals surface area contributed by atoms with E-state index in [4.69, 9.17) is 0 Å². The summed E-state index contributed by atoms with van der Waals surface area (Å²) in [6.07, 6.45) is 1.62. The predicted octanol–water partition coefficient (Wildman–Crippen LogP) is 1.81. The molecule has 1 aromatic heterocycles. The first-order valence-electron chi connectivity index (χ1n) is 7.68. The zero-order valence-electron chi connectivity index (χ0n) is 13.4. The van der Waals surface area contributed by atoms with Crippen LogP contribution in [0.1, 0.15) is 36.5 Å². The van der Waals surface area contributed by atoms with Crippen LogP contribution < -0.4 is 10.9 Å². The Morgan fingerprint density at radius 2 is 2.08 bits per heavy atom. The normalized spacial score (nSPS) is 11.9. The van der Waals surface area contributed by atoms with Crippen molar-refractivity contribution in [2.45, 2.75) is 32.2 Å². The van der Waals surface area contributed by atoms with Gasteiger partial charge in [-0.2, -0.15) is 0 Å². The van der Waals surface area contributed by atoms with Crippen LogP contribution in [0.3, 0.4) is 0 Å². The third-order valence-corrected chi connectivity index (χ3v) is 3.73. The van der Waals surface area contributed by atoms with Gasteiger partial charge >= 0.3 is 5.97 Å². The number of nitrogens with one attached hydrogen (secondary N) is 2. The Morgan fingerprint density at radius 3 is 2.68 bits per heavy atom. The smallest absolute Gasteiger partial charge is 0.326 e. The summed E-state index contributed by atoms with van der Waals surface area (Å²) in [5, 5.41) is 22.7. The number of unbranched alkanes of at least 4 members (excludes halogenated alkanes) is 1. The van der Waals surface area contributed by atoms with Gasteiger partial charge in [0, 0.05) is 29.1 Å². The van der Waals surface area contributed by atoms with Crippen LogP contribution in [0.25, 0.3) is 10.9 Å². The molecule has 1 aromatic carbocycles. The lowest BCUT2D eigenvalue weighted by Gasteiger charge is -2.15. The number of H-pyrrole nitrogens is 1. The number of hydrogen-bond donors (Lipinski definition) is 3. The molecule has 0 fully saturated rings. The van der Waals surface area contributed by atoms with Gasteiger partial charge in [-0.25, -0.2) is 4.79 Å². The molecule has 0 unspecified atom stereocenters. The first-order valence-corrected chi connectivity index (χ1v) is 7.68. The second kappa shape index (κ2) is 7.56. The van der Waals surface area contributed by atoms with E-state index in [1.54, 1.807) is 0 Å². The molecule has 2 rings (SSSR count). The van der Waals surface area contributed by atoms with E-state index in [-0.39, 0.29) is 28.6 Å². The number of pyridine rings is 1. The van der Waals surface area contributed by atoms with Crippen molar-refractivity contribution in [3.63, 3.8) is 0 Å². The summed E-state index contributed by atoms with van der Waals surface area (Å²) in [6, 6.07) is 3.61. The van der Waals surface area contributed by atoms with Crippen LogP contribution in [0.4, 0.5) is 5.69 Å². The van der Waals surface area contributed by atoms with Crippen molar-refractivity contribution in [3.05, 3.63) is 50.3 Å². The number of rotatable bonds is 7. The van der Waals surface area contributed by atoms with E-state index in [0.29, 0.717) is 6.42 Å². The number of benzene rings is 1. The van der Waals surface area contributed by atoms with Gasteiger partial charge in [0.25, 0.3) is 11.6 Å². The number of carbonyl (C=O) groups is 2. The molecule has 132 valence electrons. The van der Waals surface area contributed by atoms with Crippen LogP contribution in [-0.2, 0) is 4.79 Å². The summed E-state index contributed by atoms with van der Waals surface area (Å²) in [5.41, 5.74) is -0.657. The van der Waals surface area contributed by atoms with Gasteiger partial charge < -0.3 is 15.4 Å². The monoisotopic (exact) mass is 347 g/mol. The van der Waals surface area contributed by atoms with Gasteiger partial charge in [0.2, 0.25) is 5.56 Å². The summed E-state index contributed by atoms with van der Waals surface area (Å²) >= 11 is 0. The molecule has 3 N–H and O–H groups in total. The molecule has 0 aliphatic rings. The van der Waals surface area contributed by atoms with Gasteiger partial charge in [0.1, 0.15) is 6.04 Å². The summed E-state index contributed by atoms with van der Waals surface area (Å²) in [6.45, 7) is 1.89. The molecule has 0 radical (unpaired) electrons. The van der Waals surface area contributed by atoms with E-state index >= 15 is 0 Å². The van der Waals surface area contributed by atoms with Gasteiger partial charge in [-0.3, -0.25) is 19.7 Å². The second-order valence-electron chi connectivity index (χ2n) is 5.54. The molecule has 0 saturated carbocycles. The number of aromatic nitrogens is 1. The molecular formula is C16H17N3O6. The molecular weight excluding hydrogens is 330 g/mol. The molecule has 0 saturated heterocycles. The van der Waals surface area contributed by atoms with E-state index in [1.807, 2.05) is 6.92 Å². The molecule has 0 spiro atoms. The molecule has 0 aliphatic carbocycles. The standard InChI is InChI=1S/C16H17N3O6/c1-2-3-4-13(16(22)23)18-15(21)11-8-14(20)17-12-6-5-9(19(24)25)7-10(11)12/h5-8,13H,2-4H2,1H3,(H,17,20)(H,18,21)(H,22,23)/t13-/m0/s1. The lowest BCUT2D eigenvalue weighted by molar-refractivity contribution is -0.384. The third kappa shape index (κ3) is 4.19. The number of fused-ring (bicyclic) bond motifs is 1. The second-order valence-corrected chi connectivity index (χ2v) is 5.54. The molecule has 25 heavy (non-hydrogen) atoms. The minimum absolute atomic E-state index is 0.106. The van der Waals surface area contributed by atoms with Crippen LogP contribution in [0.5, 0.6) is 0 Å². The Balaban J connectivity index is 2.45. The zero-order chi connectivity index (χ0) is 18.6. The van der Waals surface area contributed by atoms with E-state index in [9.17, 15) is 29.6 Å². The van der Waals surface area contributed by atoms with Crippen molar-refractivity contribution in [1.29, 1.82) is 0 Å². The Bertz CT molecular complexity index is 889. The average Bonchev–Trinajstić information content (AvgIpc) is 2.56. The van der Waals surface area contributed by atoms with Gasteiger partial charge in [0.15, 0.2) is 0 Å². The van der Waals surface area contributed by atoms with Crippen LogP contribution in [0.15, 0.2) is 29.1 Å². The van der Waals surface area contributed by atoms with Crippen molar-refractivity contribution in [2.24, 2.45) is 0 Å². The Hall–Kier alpha value is -3.23. The average molecular weight is 347 g/mol. The summed E-state index contributed by atoms with van der Waals surface area (Å²) in [7, 11) is 0. The lowest BCUT2D eigenvalue weighted by atomic mass is 10.1. The zero-order valence-corrected chi connectivity index (χ0v) is 13.4. The highest BCUT2D eigenvalue weighted by atomic mass is 16.6. The van der Waals surface area contributed by atoms with Gasteiger partial charge in [-0.15, -0.1) is 0 Å².